The van der Waals surface area contributed by atoms with E-state index < -0.39 is 0 Å². The molecular formula is C12H17NO2. The van der Waals surface area contributed by atoms with Gasteiger partial charge in [-0.1, -0.05) is 6.07 Å². The van der Waals surface area contributed by atoms with Crippen LogP contribution in [-0.4, -0.2) is 23.3 Å². The minimum atomic E-state index is 0.0388. The smallest absolute Gasteiger partial charge is 0.161 e. The zero-order valence-electron chi connectivity index (χ0n) is 9.17. The first-order valence-electron chi connectivity index (χ1n) is 5.34. The molecule has 1 aromatic rings. The second kappa shape index (κ2) is 3.74. The van der Waals surface area contributed by atoms with Gasteiger partial charge in [0.25, 0.3) is 0 Å². The molecule has 3 heteroatoms. The molecule has 1 aromatic carbocycles. The van der Waals surface area contributed by atoms with E-state index in [-0.39, 0.29) is 11.5 Å². The molecule has 2 rings (SSSR count). The molecule has 0 aromatic heterocycles. The van der Waals surface area contributed by atoms with E-state index in [1.54, 1.807) is 0 Å². The van der Waals surface area contributed by atoms with Crippen LogP contribution < -0.4 is 5.32 Å². The maximum atomic E-state index is 9.89. The molecule has 1 aliphatic heterocycles. The number of benzene rings is 1. The second-order valence-corrected chi connectivity index (χ2v) is 4.29. The fourth-order valence-electron chi connectivity index (χ4n) is 2.14. The summed E-state index contributed by atoms with van der Waals surface area (Å²) in [4.78, 5) is 0. The van der Waals surface area contributed by atoms with Crippen molar-refractivity contribution in [2.75, 3.05) is 13.1 Å². The van der Waals surface area contributed by atoms with E-state index in [9.17, 15) is 10.2 Å². The van der Waals surface area contributed by atoms with Gasteiger partial charge in [0.1, 0.15) is 0 Å². The summed E-state index contributed by atoms with van der Waals surface area (Å²) in [5, 5.41) is 22.9. The molecule has 3 nitrogen and oxygen atoms in total. The first-order valence-corrected chi connectivity index (χ1v) is 5.34. The maximum Gasteiger partial charge on any atom is 0.161 e. The van der Waals surface area contributed by atoms with E-state index in [0.29, 0.717) is 5.92 Å². The predicted octanol–water partition coefficient (Wildman–Crippen LogP) is 1.79. The van der Waals surface area contributed by atoms with Crippen LogP contribution in [0.4, 0.5) is 0 Å². The molecule has 0 radical (unpaired) electrons. The highest BCUT2D eigenvalue weighted by atomic mass is 16.3. The number of phenolic OH excluding ortho intramolecular Hbond substituents is 2. The lowest BCUT2D eigenvalue weighted by Gasteiger charge is -2.15. The lowest BCUT2D eigenvalue weighted by atomic mass is 9.93. The summed E-state index contributed by atoms with van der Waals surface area (Å²) in [6, 6.07) is 1.99. The summed E-state index contributed by atoms with van der Waals surface area (Å²) in [6.07, 6.45) is 1.02. The summed E-state index contributed by atoms with van der Waals surface area (Å²) in [5.41, 5.74) is 2.68. The van der Waals surface area contributed by atoms with Crippen LogP contribution in [0.15, 0.2) is 6.07 Å². The van der Waals surface area contributed by atoms with Crippen LogP contribution in [-0.2, 0) is 0 Å². The van der Waals surface area contributed by atoms with Gasteiger partial charge in [0.2, 0.25) is 0 Å². The summed E-state index contributed by atoms with van der Waals surface area (Å²) in [7, 11) is 0. The molecule has 1 fully saturated rings. The third kappa shape index (κ3) is 1.67. The second-order valence-electron chi connectivity index (χ2n) is 4.29. The van der Waals surface area contributed by atoms with Crippen molar-refractivity contribution in [2.45, 2.75) is 26.2 Å². The van der Waals surface area contributed by atoms with Gasteiger partial charge in [-0.15, -0.1) is 0 Å². The largest absolute Gasteiger partial charge is 0.504 e. The molecule has 3 N–H and O–H groups in total. The molecule has 0 spiro atoms. The van der Waals surface area contributed by atoms with Crippen molar-refractivity contribution in [2.24, 2.45) is 0 Å². The summed E-state index contributed by atoms with van der Waals surface area (Å²) < 4.78 is 0. The van der Waals surface area contributed by atoms with Crippen molar-refractivity contribution < 1.29 is 10.2 Å². The lowest BCUT2D eigenvalue weighted by molar-refractivity contribution is 0.393. The van der Waals surface area contributed by atoms with E-state index in [1.807, 2.05) is 19.9 Å². The first-order chi connectivity index (χ1) is 7.11. The lowest BCUT2D eigenvalue weighted by Crippen LogP contribution is -2.08. The van der Waals surface area contributed by atoms with Gasteiger partial charge in [-0.05, 0) is 37.9 Å². The number of phenols is 2. The highest BCUT2D eigenvalue weighted by Crippen LogP contribution is 2.39. The van der Waals surface area contributed by atoms with Crippen LogP contribution >= 0.6 is 0 Å². The third-order valence-corrected chi connectivity index (χ3v) is 3.32. The molecule has 0 amide bonds. The third-order valence-electron chi connectivity index (χ3n) is 3.32. The van der Waals surface area contributed by atoms with Gasteiger partial charge in [-0.3, -0.25) is 0 Å². The average Bonchev–Trinajstić information content (AvgIpc) is 2.73. The van der Waals surface area contributed by atoms with Gasteiger partial charge >= 0.3 is 0 Å². The van der Waals surface area contributed by atoms with Crippen LogP contribution in [0.1, 0.15) is 29.0 Å². The summed E-state index contributed by atoms with van der Waals surface area (Å²) in [5.74, 6) is 0.430. The molecule has 1 aliphatic rings. The molecule has 1 atom stereocenters. The Bertz CT molecular complexity index is 382. The van der Waals surface area contributed by atoms with E-state index in [2.05, 4.69) is 5.32 Å². The van der Waals surface area contributed by atoms with E-state index in [0.717, 1.165) is 36.2 Å². The number of aryl methyl sites for hydroxylation is 1. The molecular weight excluding hydrogens is 190 g/mol. The van der Waals surface area contributed by atoms with Crippen LogP contribution in [0.3, 0.4) is 0 Å². The topological polar surface area (TPSA) is 52.5 Å². The molecule has 82 valence electrons. The van der Waals surface area contributed by atoms with E-state index >= 15 is 0 Å². The van der Waals surface area contributed by atoms with E-state index in [4.69, 9.17) is 0 Å². The normalized spacial score (nSPS) is 20.8. The molecule has 0 aliphatic carbocycles. The Labute approximate surface area is 89.8 Å². The van der Waals surface area contributed by atoms with Gasteiger partial charge in [0.15, 0.2) is 11.5 Å². The number of nitrogens with one attached hydrogen (secondary N) is 1. The highest BCUT2D eigenvalue weighted by Gasteiger charge is 2.22. The van der Waals surface area contributed by atoms with Crippen molar-refractivity contribution in [1.82, 2.24) is 5.32 Å². The number of aromatic hydroxyl groups is 2. The Morgan fingerprint density at radius 1 is 1.27 bits per heavy atom. The SMILES string of the molecule is Cc1cc(C2CCNC2)c(O)c(O)c1C. The van der Waals surface area contributed by atoms with Gasteiger partial charge in [-0.2, -0.15) is 0 Å². The van der Waals surface area contributed by atoms with Crippen molar-refractivity contribution >= 4 is 0 Å². The molecule has 15 heavy (non-hydrogen) atoms. The van der Waals surface area contributed by atoms with Gasteiger partial charge < -0.3 is 15.5 Å². The van der Waals surface area contributed by atoms with Gasteiger partial charge in [0, 0.05) is 18.0 Å². The Balaban J connectivity index is 2.47. The number of rotatable bonds is 1. The highest BCUT2D eigenvalue weighted by molar-refractivity contribution is 5.54. The van der Waals surface area contributed by atoms with E-state index in [1.165, 1.54) is 0 Å². The number of hydrogen-bond donors (Lipinski definition) is 3. The monoisotopic (exact) mass is 207 g/mol. The van der Waals surface area contributed by atoms with Crippen molar-refractivity contribution in [3.05, 3.63) is 22.8 Å². The van der Waals surface area contributed by atoms with Crippen LogP contribution in [0.5, 0.6) is 11.5 Å². The fourth-order valence-corrected chi connectivity index (χ4v) is 2.14. The zero-order valence-corrected chi connectivity index (χ0v) is 9.17. The summed E-state index contributed by atoms with van der Waals surface area (Å²) in [6.45, 7) is 5.65. The Morgan fingerprint density at radius 2 is 2.00 bits per heavy atom. The first kappa shape index (κ1) is 10.3. The average molecular weight is 207 g/mol. The Hall–Kier alpha value is -1.22. The Kier molecular flexibility index (Phi) is 2.57. The standard InChI is InChI=1S/C12H17NO2/c1-7-5-10(9-3-4-13-6-9)12(15)11(14)8(7)2/h5,9,13-15H,3-4,6H2,1-2H3. The van der Waals surface area contributed by atoms with Crippen molar-refractivity contribution in [3.8, 4) is 11.5 Å². The van der Waals surface area contributed by atoms with Crippen molar-refractivity contribution in [1.29, 1.82) is 0 Å². The molecule has 1 saturated heterocycles. The maximum absolute atomic E-state index is 9.89. The molecule has 1 heterocycles. The zero-order chi connectivity index (χ0) is 11.0. The quantitative estimate of drug-likeness (QED) is 0.615. The van der Waals surface area contributed by atoms with Gasteiger partial charge in [-0.25, -0.2) is 0 Å². The van der Waals surface area contributed by atoms with Gasteiger partial charge in [0.05, 0.1) is 0 Å². The minimum absolute atomic E-state index is 0.0388. The number of hydrogen-bond acceptors (Lipinski definition) is 3. The predicted molar refractivity (Wildman–Crippen MR) is 59.5 cm³/mol. The molecule has 0 bridgehead atoms. The summed E-state index contributed by atoms with van der Waals surface area (Å²) >= 11 is 0. The van der Waals surface area contributed by atoms with Crippen molar-refractivity contribution in [3.63, 3.8) is 0 Å². The Morgan fingerprint density at radius 3 is 2.60 bits per heavy atom. The van der Waals surface area contributed by atoms with Crippen LogP contribution in [0.2, 0.25) is 0 Å². The van der Waals surface area contributed by atoms with Crippen LogP contribution in [0.25, 0.3) is 0 Å². The minimum Gasteiger partial charge on any atom is -0.504 e. The molecule has 0 saturated carbocycles. The molecule has 1 unspecified atom stereocenters. The fraction of sp³-hybridized carbons (Fsp3) is 0.500. The van der Waals surface area contributed by atoms with Crippen LogP contribution in [0, 0.1) is 13.8 Å².